The third kappa shape index (κ3) is 2.62. The van der Waals surface area contributed by atoms with E-state index in [9.17, 15) is 4.79 Å². The summed E-state index contributed by atoms with van der Waals surface area (Å²) in [7, 11) is 0. The summed E-state index contributed by atoms with van der Waals surface area (Å²) in [5.41, 5.74) is 0.511. The number of hydroxylamine groups is 2. The summed E-state index contributed by atoms with van der Waals surface area (Å²) >= 11 is 0. The lowest BCUT2D eigenvalue weighted by atomic mass is 9.68. The molecule has 0 atom stereocenters. The Bertz CT molecular complexity index is 226. The SMILES string of the molecule is O=C(O)ON1CCC2(CCCCC2)CC1. The minimum absolute atomic E-state index is 0.511. The number of hydrogen-bond acceptors (Lipinski definition) is 3. The van der Waals surface area contributed by atoms with Gasteiger partial charge < -0.3 is 9.94 Å². The maximum Gasteiger partial charge on any atom is 0.525 e. The molecule has 0 bridgehead atoms. The quantitative estimate of drug-likeness (QED) is 0.727. The predicted octanol–water partition coefficient (Wildman–Crippen LogP) is 2.64. The van der Waals surface area contributed by atoms with Crippen molar-refractivity contribution in [3.05, 3.63) is 0 Å². The van der Waals surface area contributed by atoms with Crippen molar-refractivity contribution in [1.82, 2.24) is 5.06 Å². The Hall–Kier alpha value is -0.770. The Morgan fingerprint density at radius 1 is 1.07 bits per heavy atom. The first-order valence-corrected chi connectivity index (χ1v) is 5.86. The summed E-state index contributed by atoms with van der Waals surface area (Å²) in [6, 6.07) is 0. The molecule has 0 amide bonds. The molecule has 2 rings (SSSR count). The zero-order chi connectivity index (χ0) is 10.7. The average Bonchev–Trinajstić information content (AvgIpc) is 2.23. The summed E-state index contributed by atoms with van der Waals surface area (Å²) in [5, 5.41) is 10.1. The van der Waals surface area contributed by atoms with Crippen LogP contribution in [-0.2, 0) is 4.84 Å². The highest BCUT2D eigenvalue weighted by molar-refractivity contribution is 5.56. The molecule has 4 heteroatoms. The van der Waals surface area contributed by atoms with Crippen LogP contribution in [0.15, 0.2) is 0 Å². The number of hydrogen-bond donors (Lipinski definition) is 1. The van der Waals surface area contributed by atoms with E-state index in [-0.39, 0.29) is 0 Å². The van der Waals surface area contributed by atoms with E-state index in [0.717, 1.165) is 25.9 Å². The van der Waals surface area contributed by atoms with Gasteiger partial charge in [0.25, 0.3) is 0 Å². The van der Waals surface area contributed by atoms with Crippen molar-refractivity contribution in [2.75, 3.05) is 13.1 Å². The number of piperidine rings is 1. The maximum absolute atomic E-state index is 10.4. The molecule has 1 heterocycles. The highest BCUT2D eigenvalue weighted by Crippen LogP contribution is 2.44. The van der Waals surface area contributed by atoms with Gasteiger partial charge in [0.1, 0.15) is 0 Å². The van der Waals surface area contributed by atoms with Crippen LogP contribution in [0.2, 0.25) is 0 Å². The van der Waals surface area contributed by atoms with E-state index < -0.39 is 6.16 Å². The molecular formula is C11H19NO3. The first-order chi connectivity index (χ1) is 7.20. The van der Waals surface area contributed by atoms with Gasteiger partial charge in [0.2, 0.25) is 0 Å². The Morgan fingerprint density at radius 3 is 2.20 bits per heavy atom. The molecule has 1 aliphatic carbocycles. The van der Waals surface area contributed by atoms with Crippen LogP contribution in [0.3, 0.4) is 0 Å². The maximum atomic E-state index is 10.4. The van der Waals surface area contributed by atoms with E-state index in [1.165, 1.54) is 32.1 Å². The number of nitrogens with zero attached hydrogens (tertiary/aromatic N) is 1. The van der Waals surface area contributed by atoms with Gasteiger partial charge in [0.15, 0.2) is 0 Å². The molecule has 15 heavy (non-hydrogen) atoms. The molecule has 0 aromatic rings. The Labute approximate surface area is 90.2 Å². The fourth-order valence-electron chi connectivity index (χ4n) is 2.96. The van der Waals surface area contributed by atoms with Crippen molar-refractivity contribution in [3.8, 4) is 0 Å². The van der Waals surface area contributed by atoms with E-state index >= 15 is 0 Å². The molecule has 86 valence electrons. The summed E-state index contributed by atoms with van der Waals surface area (Å²) < 4.78 is 0. The summed E-state index contributed by atoms with van der Waals surface area (Å²) in [6.45, 7) is 1.54. The van der Waals surface area contributed by atoms with Crippen molar-refractivity contribution in [2.24, 2.45) is 5.41 Å². The van der Waals surface area contributed by atoms with Gasteiger partial charge in [0, 0.05) is 13.1 Å². The summed E-state index contributed by atoms with van der Waals surface area (Å²) in [6.07, 6.45) is 7.73. The molecule has 0 aromatic carbocycles. The Morgan fingerprint density at radius 2 is 1.67 bits per heavy atom. The zero-order valence-electron chi connectivity index (χ0n) is 9.07. The van der Waals surface area contributed by atoms with Crippen LogP contribution < -0.4 is 0 Å². The minimum Gasteiger partial charge on any atom is -0.448 e. The lowest BCUT2D eigenvalue weighted by Crippen LogP contribution is -2.41. The van der Waals surface area contributed by atoms with Crippen LogP contribution in [0, 0.1) is 5.41 Å². The highest BCUT2D eigenvalue weighted by atomic mass is 16.8. The number of rotatable bonds is 1. The molecule has 1 spiro atoms. The molecule has 1 saturated carbocycles. The van der Waals surface area contributed by atoms with Gasteiger partial charge in [-0.25, -0.2) is 4.79 Å². The number of carbonyl (C=O) groups is 1. The predicted molar refractivity (Wildman–Crippen MR) is 55.4 cm³/mol. The molecule has 0 unspecified atom stereocenters. The molecule has 0 radical (unpaired) electrons. The lowest BCUT2D eigenvalue weighted by Gasteiger charge is -2.43. The molecular weight excluding hydrogens is 194 g/mol. The first kappa shape index (κ1) is 10.7. The van der Waals surface area contributed by atoms with Gasteiger partial charge in [-0.2, -0.15) is 0 Å². The van der Waals surface area contributed by atoms with Gasteiger partial charge in [-0.1, -0.05) is 19.3 Å². The van der Waals surface area contributed by atoms with Gasteiger partial charge >= 0.3 is 6.16 Å². The molecule has 1 saturated heterocycles. The van der Waals surface area contributed by atoms with E-state index in [0.29, 0.717) is 5.41 Å². The second-order valence-electron chi connectivity index (χ2n) is 4.85. The highest BCUT2D eigenvalue weighted by Gasteiger charge is 2.36. The molecule has 2 fully saturated rings. The Kier molecular flexibility index (Phi) is 3.14. The van der Waals surface area contributed by atoms with Crippen molar-refractivity contribution in [3.63, 3.8) is 0 Å². The van der Waals surface area contributed by atoms with Crippen LogP contribution in [0.5, 0.6) is 0 Å². The Balaban J connectivity index is 1.82. The van der Waals surface area contributed by atoms with Crippen LogP contribution in [0.1, 0.15) is 44.9 Å². The molecule has 1 aliphatic heterocycles. The molecule has 4 nitrogen and oxygen atoms in total. The van der Waals surface area contributed by atoms with Gasteiger partial charge in [-0.15, -0.1) is 5.06 Å². The number of carboxylic acid groups (broad SMARTS) is 1. The van der Waals surface area contributed by atoms with E-state index in [2.05, 4.69) is 4.84 Å². The monoisotopic (exact) mass is 213 g/mol. The minimum atomic E-state index is -1.19. The van der Waals surface area contributed by atoms with Crippen LogP contribution >= 0.6 is 0 Å². The normalized spacial score (nSPS) is 26.4. The van der Waals surface area contributed by atoms with E-state index in [1.54, 1.807) is 5.06 Å². The van der Waals surface area contributed by atoms with Gasteiger partial charge in [-0.3, -0.25) is 0 Å². The summed E-state index contributed by atoms with van der Waals surface area (Å²) in [5.74, 6) is 0. The second-order valence-corrected chi connectivity index (χ2v) is 4.85. The smallest absolute Gasteiger partial charge is 0.448 e. The van der Waals surface area contributed by atoms with Gasteiger partial charge in [0.05, 0.1) is 0 Å². The van der Waals surface area contributed by atoms with Crippen LogP contribution in [0.4, 0.5) is 4.79 Å². The second kappa shape index (κ2) is 4.39. The van der Waals surface area contributed by atoms with Crippen LogP contribution in [0.25, 0.3) is 0 Å². The van der Waals surface area contributed by atoms with Crippen LogP contribution in [-0.4, -0.2) is 29.4 Å². The molecule has 2 aliphatic rings. The fraction of sp³-hybridized carbons (Fsp3) is 0.909. The van der Waals surface area contributed by atoms with Crippen molar-refractivity contribution < 1.29 is 14.7 Å². The van der Waals surface area contributed by atoms with Crippen molar-refractivity contribution in [1.29, 1.82) is 0 Å². The third-order valence-electron chi connectivity index (χ3n) is 3.90. The van der Waals surface area contributed by atoms with Crippen molar-refractivity contribution in [2.45, 2.75) is 44.9 Å². The first-order valence-electron chi connectivity index (χ1n) is 5.86. The topological polar surface area (TPSA) is 49.8 Å². The van der Waals surface area contributed by atoms with E-state index in [4.69, 9.17) is 5.11 Å². The average molecular weight is 213 g/mol. The summed E-state index contributed by atoms with van der Waals surface area (Å²) in [4.78, 5) is 15.0. The van der Waals surface area contributed by atoms with Crippen molar-refractivity contribution >= 4 is 6.16 Å². The van der Waals surface area contributed by atoms with E-state index in [1.807, 2.05) is 0 Å². The standard InChI is InChI=1S/C11H19NO3/c13-10(14)15-12-8-6-11(7-9-12)4-2-1-3-5-11/h1-9H2,(H,13,14). The largest absolute Gasteiger partial charge is 0.525 e. The van der Waals surface area contributed by atoms with Gasteiger partial charge in [-0.05, 0) is 31.1 Å². The lowest BCUT2D eigenvalue weighted by molar-refractivity contribution is -0.149. The third-order valence-corrected chi connectivity index (χ3v) is 3.90. The molecule has 0 aromatic heterocycles. The zero-order valence-corrected chi connectivity index (χ0v) is 9.07. The fourth-order valence-corrected chi connectivity index (χ4v) is 2.96. The molecule has 1 N–H and O–H groups in total.